The Morgan fingerprint density at radius 2 is 1.64 bits per heavy atom. The zero-order valence-corrected chi connectivity index (χ0v) is 19.7. The Morgan fingerprint density at radius 1 is 0.909 bits per heavy atom. The largest absolute Gasteiger partial charge is 0.495 e. The number of pyridine rings is 1. The molecular formula is C25H21Cl2N3O3. The summed E-state index contributed by atoms with van der Waals surface area (Å²) in [6.45, 7) is 1.94. The molecule has 3 aromatic carbocycles. The van der Waals surface area contributed by atoms with Crippen LogP contribution < -0.4 is 20.1 Å². The maximum absolute atomic E-state index is 13.2. The van der Waals surface area contributed by atoms with Gasteiger partial charge in [-0.2, -0.15) is 0 Å². The van der Waals surface area contributed by atoms with Gasteiger partial charge in [-0.1, -0.05) is 53.5 Å². The quantitative estimate of drug-likeness (QED) is 0.314. The Labute approximate surface area is 201 Å². The molecule has 33 heavy (non-hydrogen) atoms. The highest BCUT2D eigenvalue weighted by Crippen LogP contribution is 2.36. The molecule has 0 atom stereocenters. The lowest BCUT2D eigenvalue weighted by Gasteiger charge is -2.15. The topological polar surface area (TPSA) is 72.5 Å². The smallest absolute Gasteiger partial charge is 0.257 e. The van der Waals surface area contributed by atoms with Gasteiger partial charge in [0.05, 0.1) is 30.5 Å². The van der Waals surface area contributed by atoms with Gasteiger partial charge in [0.1, 0.15) is 17.3 Å². The van der Waals surface area contributed by atoms with Crippen molar-refractivity contribution in [2.24, 2.45) is 0 Å². The van der Waals surface area contributed by atoms with E-state index in [9.17, 15) is 4.79 Å². The lowest BCUT2D eigenvalue weighted by atomic mass is 10.1. The van der Waals surface area contributed by atoms with Gasteiger partial charge in [-0.05, 0) is 36.1 Å². The molecule has 1 amide bonds. The molecule has 0 spiro atoms. The van der Waals surface area contributed by atoms with Crippen molar-refractivity contribution in [1.29, 1.82) is 0 Å². The number of methoxy groups -OCH3 is 2. The molecular weight excluding hydrogens is 461 g/mol. The van der Waals surface area contributed by atoms with Crippen LogP contribution >= 0.6 is 23.2 Å². The number of nitrogens with zero attached hydrogens (tertiary/aromatic N) is 1. The van der Waals surface area contributed by atoms with E-state index >= 15 is 0 Å². The van der Waals surface area contributed by atoms with Crippen LogP contribution in [-0.4, -0.2) is 25.1 Å². The summed E-state index contributed by atoms with van der Waals surface area (Å²) < 4.78 is 10.6. The first-order chi connectivity index (χ1) is 15.9. The number of rotatable bonds is 6. The number of benzene rings is 3. The van der Waals surface area contributed by atoms with Gasteiger partial charge in [-0.25, -0.2) is 4.98 Å². The zero-order valence-electron chi connectivity index (χ0n) is 18.2. The summed E-state index contributed by atoms with van der Waals surface area (Å²) in [5.41, 5.74) is 2.63. The minimum atomic E-state index is -0.344. The summed E-state index contributed by atoms with van der Waals surface area (Å²) in [6, 6.07) is 16.5. The molecule has 0 saturated heterocycles. The van der Waals surface area contributed by atoms with Crippen molar-refractivity contribution < 1.29 is 14.3 Å². The third kappa shape index (κ3) is 4.67. The van der Waals surface area contributed by atoms with Gasteiger partial charge in [0.2, 0.25) is 0 Å². The number of carbonyl (C=O) groups is 1. The van der Waals surface area contributed by atoms with Gasteiger partial charge in [0.25, 0.3) is 5.91 Å². The van der Waals surface area contributed by atoms with Crippen molar-refractivity contribution in [3.8, 4) is 11.5 Å². The van der Waals surface area contributed by atoms with E-state index in [1.165, 1.54) is 20.4 Å². The molecule has 1 heterocycles. The van der Waals surface area contributed by atoms with E-state index in [0.717, 1.165) is 22.0 Å². The van der Waals surface area contributed by atoms with E-state index in [1.54, 1.807) is 12.1 Å². The number of carbonyl (C=O) groups excluding carboxylic acids is 1. The molecule has 0 aliphatic rings. The standard InChI is InChI=1S/C25H21Cl2N3O3/c1-14-8-9-15(10-19(14)26)29-24-17-7-5-4-6-16(17)18(13-28-24)25(31)30-21-11-20(27)22(32-2)12-23(21)33-3/h4-13H,1-3H3,(H,28,29)(H,30,31). The third-order valence-corrected chi connectivity index (χ3v) is 5.90. The monoisotopic (exact) mass is 481 g/mol. The highest BCUT2D eigenvalue weighted by Gasteiger charge is 2.17. The third-order valence-electron chi connectivity index (χ3n) is 5.20. The molecule has 0 bridgehead atoms. The van der Waals surface area contributed by atoms with Gasteiger partial charge in [-0.15, -0.1) is 0 Å². The van der Waals surface area contributed by atoms with Gasteiger partial charge in [0, 0.05) is 28.4 Å². The van der Waals surface area contributed by atoms with Crippen LogP contribution in [0.25, 0.3) is 10.8 Å². The molecule has 4 aromatic rings. The fourth-order valence-corrected chi connectivity index (χ4v) is 3.85. The highest BCUT2D eigenvalue weighted by molar-refractivity contribution is 6.32. The van der Waals surface area contributed by atoms with Gasteiger partial charge < -0.3 is 20.1 Å². The number of aryl methyl sites for hydroxylation is 1. The maximum Gasteiger partial charge on any atom is 0.257 e. The number of anilines is 3. The fraction of sp³-hybridized carbons (Fsp3) is 0.120. The van der Waals surface area contributed by atoms with Gasteiger partial charge in [-0.3, -0.25) is 4.79 Å². The Morgan fingerprint density at radius 3 is 2.33 bits per heavy atom. The van der Waals surface area contributed by atoms with Crippen LogP contribution in [0.15, 0.2) is 60.8 Å². The predicted octanol–water partition coefficient (Wildman–Crippen LogP) is 6.86. The molecule has 0 saturated carbocycles. The number of amides is 1. The van der Waals surface area contributed by atoms with Crippen LogP contribution in [-0.2, 0) is 0 Å². The Hall–Kier alpha value is -3.48. The molecule has 4 rings (SSSR count). The van der Waals surface area contributed by atoms with Crippen molar-refractivity contribution in [2.45, 2.75) is 6.92 Å². The van der Waals surface area contributed by atoms with Crippen molar-refractivity contribution >= 4 is 57.1 Å². The summed E-state index contributed by atoms with van der Waals surface area (Å²) in [6.07, 6.45) is 1.54. The second-order valence-corrected chi connectivity index (χ2v) is 8.11. The summed E-state index contributed by atoms with van der Waals surface area (Å²) in [5.74, 6) is 1.15. The van der Waals surface area contributed by atoms with Crippen LogP contribution in [0.2, 0.25) is 10.0 Å². The minimum absolute atomic E-state index is 0.344. The number of halogens is 2. The van der Waals surface area contributed by atoms with E-state index < -0.39 is 0 Å². The normalized spacial score (nSPS) is 10.7. The number of hydrogen-bond donors (Lipinski definition) is 2. The average molecular weight is 482 g/mol. The molecule has 168 valence electrons. The number of ether oxygens (including phenoxy) is 2. The summed E-state index contributed by atoms with van der Waals surface area (Å²) in [4.78, 5) is 17.7. The Bertz CT molecular complexity index is 1360. The molecule has 0 aliphatic carbocycles. The number of fused-ring (bicyclic) bond motifs is 1. The van der Waals surface area contributed by atoms with E-state index in [-0.39, 0.29) is 5.91 Å². The van der Waals surface area contributed by atoms with Crippen LogP contribution in [0.1, 0.15) is 15.9 Å². The second kappa shape index (κ2) is 9.57. The molecule has 2 N–H and O–H groups in total. The highest BCUT2D eigenvalue weighted by atomic mass is 35.5. The first-order valence-corrected chi connectivity index (χ1v) is 10.8. The van der Waals surface area contributed by atoms with Crippen molar-refractivity contribution in [3.05, 3.63) is 82.0 Å². The Balaban J connectivity index is 1.69. The average Bonchev–Trinajstić information content (AvgIpc) is 2.81. The summed E-state index contributed by atoms with van der Waals surface area (Å²) >= 11 is 12.5. The van der Waals surface area contributed by atoms with E-state index in [2.05, 4.69) is 15.6 Å². The Kier molecular flexibility index (Phi) is 6.58. The van der Waals surface area contributed by atoms with Crippen LogP contribution in [0.4, 0.5) is 17.2 Å². The number of aromatic nitrogens is 1. The van der Waals surface area contributed by atoms with E-state index in [1.807, 2.05) is 49.4 Å². The van der Waals surface area contributed by atoms with Crippen molar-refractivity contribution in [1.82, 2.24) is 4.98 Å². The maximum atomic E-state index is 13.2. The van der Waals surface area contributed by atoms with E-state index in [0.29, 0.717) is 38.6 Å². The van der Waals surface area contributed by atoms with Crippen LogP contribution in [0.3, 0.4) is 0 Å². The molecule has 0 radical (unpaired) electrons. The summed E-state index contributed by atoms with van der Waals surface area (Å²) in [7, 11) is 3.02. The minimum Gasteiger partial charge on any atom is -0.495 e. The SMILES string of the molecule is COc1cc(OC)c(NC(=O)c2cnc(Nc3ccc(C)c(Cl)c3)c3ccccc23)cc1Cl. The molecule has 8 heteroatoms. The fourth-order valence-electron chi connectivity index (χ4n) is 3.43. The number of nitrogens with one attached hydrogen (secondary N) is 2. The summed E-state index contributed by atoms with van der Waals surface area (Å²) in [5, 5.41) is 8.70. The predicted molar refractivity (Wildman–Crippen MR) is 134 cm³/mol. The molecule has 0 fully saturated rings. The molecule has 0 aliphatic heterocycles. The van der Waals surface area contributed by atoms with Crippen LogP contribution in [0.5, 0.6) is 11.5 Å². The van der Waals surface area contributed by atoms with Crippen molar-refractivity contribution in [2.75, 3.05) is 24.9 Å². The molecule has 0 unspecified atom stereocenters. The first kappa shape index (κ1) is 22.7. The lowest BCUT2D eigenvalue weighted by molar-refractivity contribution is 0.102. The lowest BCUT2D eigenvalue weighted by Crippen LogP contribution is -2.14. The molecule has 6 nitrogen and oxygen atoms in total. The van der Waals surface area contributed by atoms with Crippen LogP contribution in [0, 0.1) is 6.92 Å². The first-order valence-electron chi connectivity index (χ1n) is 10.0. The second-order valence-electron chi connectivity index (χ2n) is 7.30. The van der Waals surface area contributed by atoms with E-state index in [4.69, 9.17) is 32.7 Å². The number of hydrogen-bond acceptors (Lipinski definition) is 5. The zero-order chi connectivity index (χ0) is 23.5. The van der Waals surface area contributed by atoms with Gasteiger partial charge in [0.15, 0.2) is 0 Å². The van der Waals surface area contributed by atoms with Gasteiger partial charge >= 0.3 is 0 Å². The van der Waals surface area contributed by atoms with Crippen molar-refractivity contribution in [3.63, 3.8) is 0 Å². The molecule has 1 aromatic heterocycles.